The summed E-state index contributed by atoms with van der Waals surface area (Å²) in [6.45, 7) is 6.53. The lowest BCUT2D eigenvalue weighted by atomic mass is 9.99. The number of methoxy groups -OCH3 is 1. The Balaban J connectivity index is 1.57. The smallest absolute Gasteiger partial charge is 0.142 e. The van der Waals surface area contributed by atoms with E-state index in [9.17, 15) is 0 Å². The van der Waals surface area contributed by atoms with Gasteiger partial charge in [0.15, 0.2) is 0 Å². The highest BCUT2D eigenvalue weighted by atomic mass is 16.5. The molecule has 0 radical (unpaired) electrons. The second-order valence-corrected chi connectivity index (χ2v) is 6.10. The van der Waals surface area contributed by atoms with Gasteiger partial charge >= 0.3 is 0 Å². The van der Waals surface area contributed by atoms with Crippen LogP contribution in [0.15, 0.2) is 24.3 Å². The van der Waals surface area contributed by atoms with Crippen molar-refractivity contribution in [3.63, 3.8) is 0 Å². The third-order valence-corrected chi connectivity index (χ3v) is 4.47. The van der Waals surface area contributed by atoms with Crippen LogP contribution in [0.2, 0.25) is 0 Å². The summed E-state index contributed by atoms with van der Waals surface area (Å²) in [7, 11) is 1.73. The molecular formula is C16H25N3O2. The lowest BCUT2D eigenvalue weighted by Gasteiger charge is -2.39. The second kappa shape index (κ2) is 6.22. The molecule has 1 atom stereocenters. The molecule has 2 aliphatic rings. The zero-order valence-corrected chi connectivity index (χ0v) is 12.8. The third kappa shape index (κ3) is 3.31. The number of benzene rings is 1. The second-order valence-electron chi connectivity index (χ2n) is 6.10. The highest BCUT2D eigenvalue weighted by molar-refractivity contribution is 5.58. The van der Waals surface area contributed by atoms with Crippen molar-refractivity contribution in [3.05, 3.63) is 24.3 Å². The largest absolute Gasteiger partial charge is 0.495 e. The van der Waals surface area contributed by atoms with E-state index in [0.29, 0.717) is 6.61 Å². The molecule has 2 heterocycles. The minimum atomic E-state index is -0.146. The zero-order chi connectivity index (χ0) is 14.7. The van der Waals surface area contributed by atoms with Crippen LogP contribution in [0.5, 0.6) is 5.75 Å². The first-order chi connectivity index (χ1) is 10.2. The minimum Gasteiger partial charge on any atom is -0.495 e. The molecule has 1 unspecified atom stereocenters. The number of piperazine rings is 1. The molecule has 0 saturated carbocycles. The molecule has 1 aromatic carbocycles. The molecule has 2 fully saturated rings. The molecule has 2 N–H and O–H groups in total. The zero-order valence-electron chi connectivity index (χ0n) is 12.8. The maximum Gasteiger partial charge on any atom is 0.142 e. The summed E-state index contributed by atoms with van der Waals surface area (Å²) in [6, 6.07) is 8.22. The van der Waals surface area contributed by atoms with E-state index < -0.39 is 0 Å². The predicted molar refractivity (Wildman–Crippen MR) is 84.0 cm³/mol. The van der Waals surface area contributed by atoms with Gasteiger partial charge in [-0.05, 0) is 18.6 Å². The van der Waals surface area contributed by atoms with Crippen molar-refractivity contribution in [1.82, 2.24) is 4.90 Å². The summed E-state index contributed by atoms with van der Waals surface area (Å²) in [6.07, 6.45) is 0.972. The van der Waals surface area contributed by atoms with Crippen molar-refractivity contribution in [2.24, 2.45) is 5.73 Å². The molecule has 2 aliphatic heterocycles. The average molecular weight is 291 g/mol. The van der Waals surface area contributed by atoms with Gasteiger partial charge in [-0.1, -0.05) is 12.1 Å². The highest BCUT2D eigenvalue weighted by Gasteiger charge is 2.33. The molecule has 0 aliphatic carbocycles. The molecule has 2 saturated heterocycles. The summed E-state index contributed by atoms with van der Waals surface area (Å²) >= 11 is 0. The Morgan fingerprint density at radius 2 is 2.00 bits per heavy atom. The molecule has 0 spiro atoms. The third-order valence-electron chi connectivity index (χ3n) is 4.47. The molecule has 0 amide bonds. The van der Waals surface area contributed by atoms with Crippen molar-refractivity contribution >= 4 is 5.69 Å². The van der Waals surface area contributed by atoms with Crippen LogP contribution in [-0.4, -0.2) is 63.5 Å². The fourth-order valence-corrected chi connectivity index (χ4v) is 3.23. The summed E-state index contributed by atoms with van der Waals surface area (Å²) < 4.78 is 10.9. The van der Waals surface area contributed by atoms with Crippen LogP contribution in [0, 0.1) is 0 Å². The van der Waals surface area contributed by atoms with E-state index in [-0.39, 0.29) is 5.54 Å². The number of ether oxygens (including phenoxy) is 2. The summed E-state index contributed by atoms with van der Waals surface area (Å²) in [5, 5.41) is 0. The molecule has 5 nitrogen and oxygen atoms in total. The number of para-hydroxylation sites is 2. The molecule has 116 valence electrons. The first-order valence-electron chi connectivity index (χ1n) is 7.67. The van der Waals surface area contributed by atoms with Gasteiger partial charge in [0.25, 0.3) is 0 Å². The molecule has 21 heavy (non-hydrogen) atoms. The van der Waals surface area contributed by atoms with Crippen LogP contribution in [0.25, 0.3) is 0 Å². The summed E-state index contributed by atoms with van der Waals surface area (Å²) in [5.41, 5.74) is 7.42. The normalized spacial score (nSPS) is 27.0. The summed E-state index contributed by atoms with van der Waals surface area (Å²) in [5.74, 6) is 0.949. The Bertz CT molecular complexity index is 466. The fraction of sp³-hybridized carbons (Fsp3) is 0.625. The SMILES string of the molecule is COc1ccccc1N1CCN(CC2(N)CCOC2)CC1. The van der Waals surface area contributed by atoms with Crippen LogP contribution in [-0.2, 0) is 4.74 Å². The van der Waals surface area contributed by atoms with Crippen molar-refractivity contribution in [1.29, 1.82) is 0 Å². The number of anilines is 1. The quantitative estimate of drug-likeness (QED) is 0.894. The molecule has 3 rings (SSSR count). The van der Waals surface area contributed by atoms with Crippen LogP contribution in [0.3, 0.4) is 0 Å². The van der Waals surface area contributed by atoms with Crippen molar-refractivity contribution in [2.45, 2.75) is 12.0 Å². The number of nitrogens with zero attached hydrogens (tertiary/aromatic N) is 2. The van der Waals surface area contributed by atoms with E-state index in [4.69, 9.17) is 15.2 Å². The monoisotopic (exact) mass is 291 g/mol. The van der Waals surface area contributed by atoms with E-state index in [1.807, 2.05) is 12.1 Å². The van der Waals surface area contributed by atoms with E-state index in [1.54, 1.807) is 7.11 Å². The van der Waals surface area contributed by atoms with Crippen molar-refractivity contribution < 1.29 is 9.47 Å². The standard InChI is InChI=1S/C16H25N3O2/c1-20-15-5-3-2-4-14(15)19-9-7-18(8-10-19)12-16(17)6-11-21-13-16/h2-5H,6-13,17H2,1H3. The summed E-state index contributed by atoms with van der Waals surface area (Å²) in [4.78, 5) is 4.85. The van der Waals surface area contributed by atoms with Gasteiger partial charge in [-0.25, -0.2) is 0 Å². The van der Waals surface area contributed by atoms with Crippen LogP contribution < -0.4 is 15.4 Å². The topological polar surface area (TPSA) is 51.0 Å². The Hall–Kier alpha value is -1.30. The van der Waals surface area contributed by atoms with E-state index >= 15 is 0 Å². The predicted octanol–water partition coefficient (Wildman–Crippen LogP) is 0.935. The molecule has 0 aromatic heterocycles. The Labute approximate surface area is 126 Å². The van der Waals surface area contributed by atoms with Crippen LogP contribution in [0.1, 0.15) is 6.42 Å². The number of hydrogen-bond acceptors (Lipinski definition) is 5. The average Bonchev–Trinajstić information content (AvgIpc) is 2.94. The first kappa shape index (κ1) is 14.6. The van der Waals surface area contributed by atoms with Gasteiger partial charge in [-0.2, -0.15) is 0 Å². The van der Waals surface area contributed by atoms with Gasteiger partial charge in [0.05, 0.1) is 24.9 Å². The maximum atomic E-state index is 6.38. The number of rotatable bonds is 4. The lowest BCUT2D eigenvalue weighted by molar-refractivity contribution is 0.149. The number of nitrogens with two attached hydrogens (primary N) is 1. The van der Waals surface area contributed by atoms with Crippen molar-refractivity contribution in [2.75, 3.05) is 57.9 Å². The van der Waals surface area contributed by atoms with E-state index in [2.05, 4.69) is 21.9 Å². The van der Waals surface area contributed by atoms with Gasteiger partial charge in [-0.15, -0.1) is 0 Å². The lowest BCUT2D eigenvalue weighted by Crippen LogP contribution is -2.55. The Morgan fingerprint density at radius 1 is 1.24 bits per heavy atom. The van der Waals surface area contributed by atoms with Gasteiger partial charge < -0.3 is 20.1 Å². The molecule has 5 heteroatoms. The Morgan fingerprint density at radius 3 is 2.67 bits per heavy atom. The van der Waals surface area contributed by atoms with Gasteiger partial charge in [0.2, 0.25) is 0 Å². The first-order valence-corrected chi connectivity index (χ1v) is 7.67. The molecule has 0 bridgehead atoms. The van der Waals surface area contributed by atoms with E-state index in [0.717, 1.165) is 51.5 Å². The van der Waals surface area contributed by atoms with Crippen LogP contribution >= 0.6 is 0 Å². The van der Waals surface area contributed by atoms with Gasteiger partial charge in [-0.3, -0.25) is 4.90 Å². The van der Waals surface area contributed by atoms with Crippen molar-refractivity contribution in [3.8, 4) is 5.75 Å². The minimum absolute atomic E-state index is 0.146. The van der Waals surface area contributed by atoms with Gasteiger partial charge in [0.1, 0.15) is 5.75 Å². The fourth-order valence-electron chi connectivity index (χ4n) is 3.23. The van der Waals surface area contributed by atoms with E-state index in [1.165, 1.54) is 5.69 Å². The molecule has 1 aromatic rings. The Kier molecular flexibility index (Phi) is 4.33. The van der Waals surface area contributed by atoms with Crippen LogP contribution in [0.4, 0.5) is 5.69 Å². The molecular weight excluding hydrogens is 266 g/mol. The van der Waals surface area contributed by atoms with Gasteiger partial charge in [0, 0.05) is 39.3 Å². The highest BCUT2D eigenvalue weighted by Crippen LogP contribution is 2.28. The maximum absolute atomic E-state index is 6.38. The number of hydrogen-bond donors (Lipinski definition) is 1.